The smallest absolute Gasteiger partial charge is 0.411 e. The number of carbonyl (C=O) groups excluding carboxylic acids is 1. The van der Waals surface area contributed by atoms with Crippen LogP contribution in [0, 0.1) is 0 Å². The first-order valence-corrected chi connectivity index (χ1v) is 5.83. The quantitative estimate of drug-likeness (QED) is 0.789. The minimum Gasteiger partial charge on any atom is -0.478 e. The molecular weight excluding hydrogens is 234 g/mol. The van der Waals surface area contributed by atoms with E-state index in [9.17, 15) is 9.59 Å². The van der Waals surface area contributed by atoms with E-state index in [1.165, 1.54) is 11.0 Å². The van der Waals surface area contributed by atoms with Crippen LogP contribution in [0.1, 0.15) is 41.5 Å². The lowest BCUT2D eigenvalue weighted by molar-refractivity contribution is -0.131. The van der Waals surface area contributed by atoms with Crippen molar-refractivity contribution in [2.24, 2.45) is 0 Å². The zero-order chi connectivity index (χ0) is 14.6. The van der Waals surface area contributed by atoms with Crippen LogP contribution >= 0.6 is 0 Å². The van der Waals surface area contributed by atoms with Crippen molar-refractivity contribution in [1.82, 2.24) is 4.90 Å². The molecule has 0 aromatic heterocycles. The highest BCUT2D eigenvalue weighted by atomic mass is 16.6. The van der Waals surface area contributed by atoms with Gasteiger partial charge >= 0.3 is 12.1 Å². The molecular formula is C13H23NO4. The summed E-state index contributed by atoms with van der Waals surface area (Å²) in [5, 5.41) is 8.53. The average Bonchev–Trinajstić information content (AvgIpc) is 2.06. The molecule has 0 saturated carbocycles. The van der Waals surface area contributed by atoms with Crippen molar-refractivity contribution in [1.29, 1.82) is 0 Å². The maximum atomic E-state index is 12.0. The highest BCUT2D eigenvalue weighted by Gasteiger charge is 2.29. The third kappa shape index (κ3) is 6.93. The van der Waals surface area contributed by atoms with E-state index < -0.39 is 23.2 Å². The summed E-state index contributed by atoms with van der Waals surface area (Å²) in [5.74, 6) is -1.03. The molecule has 104 valence electrons. The van der Waals surface area contributed by atoms with Gasteiger partial charge in [0.15, 0.2) is 0 Å². The van der Waals surface area contributed by atoms with Crippen LogP contribution in [0.5, 0.6) is 0 Å². The number of rotatable bonds is 3. The molecule has 0 aliphatic rings. The minimum atomic E-state index is -1.03. The molecule has 0 spiro atoms. The van der Waals surface area contributed by atoms with Crippen molar-refractivity contribution in [3.63, 3.8) is 0 Å². The van der Waals surface area contributed by atoms with Gasteiger partial charge in [0.25, 0.3) is 0 Å². The second kappa shape index (κ2) is 5.89. The minimum absolute atomic E-state index is 0.199. The molecule has 0 atom stereocenters. The van der Waals surface area contributed by atoms with Gasteiger partial charge in [-0.25, -0.2) is 9.59 Å². The molecule has 0 aromatic rings. The predicted molar refractivity (Wildman–Crippen MR) is 69.5 cm³/mol. The van der Waals surface area contributed by atoms with Crippen molar-refractivity contribution in [3.8, 4) is 0 Å². The molecule has 0 saturated heterocycles. The van der Waals surface area contributed by atoms with Crippen LogP contribution < -0.4 is 0 Å². The molecule has 0 aliphatic carbocycles. The summed E-state index contributed by atoms with van der Waals surface area (Å²) >= 11 is 0. The monoisotopic (exact) mass is 257 g/mol. The number of amides is 1. The van der Waals surface area contributed by atoms with Crippen LogP contribution in [0.15, 0.2) is 12.2 Å². The summed E-state index contributed by atoms with van der Waals surface area (Å²) in [4.78, 5) is 23.9. The molecule has 1 amide bonds. The number of hydrogen-bond donors (Lipinski definition) is 1. The van der Waals surface area contributed by atoms with Gasteiger partial charge in [-0.2, -0.15) is 0 Å². The van der Waals surface area contributed by atoms with E-state index in [0.717, 1.165) is 6.08 Å². The Bertz CT molecular complexity index is 334. The van der Waals surface area contributed by atoms with Crippen molar-refractivity contribution >= 4 is 12.1 Å². The van der Waals surface area contributed by atoms with Crippen LogP contribution in [-0.4, -0.2) is 39.8 Å². The number of carboxylic acid groups (broad SMARTS) is 1. The normalized spacial score (nSPS) is 12.6. The first-order chi connectivity index (χ1) is 7.93. The van der Waals surface area contributed by atoms with Crippen molar-refractivity contribution in [2.75, 3.05) is 6.54 Å². The standard InChI is InChI=1S/C13H23NO4/c1-12(2,3)14(9-7-8-10(15)16)11(17)18-13(4,5)6/h7-8H,9H2,1-6H3,(H,15,16)/b8-7+. The van der Waals surface area contributed by atoms with Crippen LogP contribution in [-0.2, 0) is 9.53 Å². The molecule has 0 fully saturated rings. The van der Waals surface area contributed by atoms with Gasteiger partial charge in [0.1, 0.15) is 5.60 Å². The molecule has 0 aliphatic heterocycles. The summed E-state index contributed by atoms with van der Waals surface area (Å²) in [6, 6.07) is 0. The lowest BCUT2D eigenvalue weighted by Gasteiger charge is -2.36. The molecule has 0 radical (unpaired) electrons. The van der Waals surface area contributed by atoms with E-state index in [1.54, 1.807) is 20.8 Å². The summed E-state index contributed by atoms with van der Waals surface area (Å²) in [5.41, 5.74) is -1.01. The number of aliphatic carboxylic acids is 1. The number of carboxylic acids is 1. The van der Waals surface area contributed by atoms with Gasteiger partial charge in [0.2, 0.25) is 0 Å². The number of hydrogen-bond acceptors (Lipinski definition) is 3. The third-order valence-corrected chi connectivity index (χ3v) is 1.97. The fourth-order valence-corrected chi connectivity index (χ4v) is 1.20. The Hall–Kier alpha value is -1.52. The Morgan fingerprint density at radius 3 is 2.00 bits per heavy atom. The van der Waals surface area contributed by atoms with Gasteiger partial charge < -0.3 is 9.84 Å². The predicted octanol–water partition coefficient (Wildman–Crippen LogP) is 2.66. The van der Waals surface area contributed by atoms with Crippen molar-refractivity contribution < 1.29 is 19.4 Å². The van der Waals surface area contributed by atoms with Gasteiger partial charge in [0.05, 0.1) is 0 Å². The average molecular weight is 257 g/mol. The van der Waals surface area contributed by atoms with Crippen molar-refractivity contribution in [3.05, 3.63) is 12.2 Å². The third-order valence-electron chi connectivity index (χ3n) is 1.97. The summed E-state index contributed by atoms with van der Waals surface area (Å²) in [6.07, 6.45) is 1.99. The first kappa shape index (κ1) is 16.5. The molecule has 5 heteroatoms. The lowest BCUT2D eigenvalue weighted by Crippen LogP contribution is -2.47. The number of carbonyl (C=O) groups is 2. The molecule has 0 unspecified atom stereocenters. The molecule has 0 bridgehead atoms. The fraction of sp³-hybridized carbons (Fsp3) is 0.692. The first-order valence-electron chi connectivity index (χ1n) is 5.83. The zero-order valence-corrected chi connectivity index (χ0v) is 12.0. The second-order valence-electron chi connectivity index (χ2n) is 6.00. The number of ether oxygens (including phenoxy) is 1. The maximum Gasteiger partial charge on any atom is 0.411 e. The van der Waals surface area contributed by atoms with Gasteiger partial charge in [-0.3, -0.25) is 4.90 Å². The molecule has 5 nitrogen and oxygen atoms in total. The van der Waals surface area contributed by atoms with Gasteiger partial charge in [-0.1, -0.05) is 6.08 Å². The Labute approximate surface area is 108 Å². The second-order valence-corrected chi connectivity index (χ2v) is 6.00. The van der Waals surface area contributed by atoms with Crippen LogP contribution in [0.3, 0.4) is 0 Å². The molecule has 0 aromatic carbocycles. The van der Waals surface area contributed by atoms with Crippen LogP contribution in [0.2, 0.25) is 0 Å². The van der Waals surface area contributed by atoms with Crippen LogP contribution in [0.4, 0.5) is 4.79 Å². The fourth-order valence-electron chi connectivity index (χ4n) is 1.20. The Balaban J connectivity index is 4.80. The SMILES string of the molecule is CC(C)(C)OC(=O)N(C/C=C/C(=O)O)C(C)(C)C. The Kier molecular flexibility index (Phi) is 5.39. The van der Waals surface area contributed by atoms with E-state index in [4.69, 9.17) is 9.84 Å². The molecule has 1 N–H and O–H groups in total. The summed E-state index contributed by atoms with van der Waals surface area (Å²) in [7, 11) is 0. The summed E-state index contributed by atoms with van der Waals surface area (Å²) < 4.78 is 5.29. The molecule has 0 heterocycles. The van der Waals surface area contributed by atoms with E-state index in [-0.39, 0.29) is 6.54 Å². The number of nitrogens with zero attached hydrogens (tertiary/aromatic N) is 1. The van der Waals surface area contributed by atoms with Gasteiger partial charge in [-0.05, 0) is 41.5 Å². The molecule has 18 heavy (non-hydrogen) atoms. The maximum absolute atomic E-state index is 12.0. The highest BCUT2D eigenvalue weighted by molar-refractivity contribution is 5.79. The van der Waals surface area contributed by atoms with E-state index in [0.29, 0.717) is 0 Å². The molecule has 0 rings (SSSR count). The zero-order valence-electron chi connectivity index (χ0n) is 12.0. The van der Waals surface area contributed by atoms with E-state index in [2.05, 4.69) is 0 Å². The van der Waals surface area contributed by atoms with Crippen molar-refractivity contribution in [2.45, 2.75) is 52.7 Å². The largest absolute Gasteiger partial charge is 0.478 e. The highest BCUT2D eigenvalue weighted by Crippen LogP contribution is 2.18. The van der Waals surface area contributed by atoms with E-state index >= 15 is 0 Å². The lowest BCUT2D eigenvalue weighted by atomic mass is 10.1. The Morgan fingerprint density at radius 1 is 1.17 bits per heavy atom. The van der Waals surface area contributed by atoms with Crippen LogP contribution in [0.25, 0.3) is 0 Å². The Morgan fingerprint density at radius 2 is 1.67 bits per heavy atom. The van der Waals surface area contributed by atoms with E-state index in [1.807, 2.05) is 20.8 Å². The summed E-state index contributed by atoms with van der Waals surface area (Å²) in [6.45, 7) is 11.2. The van der Waals surface area contributed by atoms with Gasteiger partial charge in [-0.15, -0.1) is 0 Å². The van der Waals surface area contributed by atoms with Gasteiger partial charge in [0, 0.05) is 18.2 Å². The topological polar surface area (TPSA) is 66.8 Å².